The Morgan fingerprint density at radius 3 is 2.34 bits per heavy atom. The van der Waals surface area contributed by atoms with E-state index in [0.717, 1.165) is 6.92 Å². The number of cyclic esters (lactones) is 1. The van der Waals surface area contributed by atoms with Gasteiger partial charge in [0.25, 0.3) is 5.67 Å². The van der Waals surface area contributed by atoms with Gasteiger partial charge in [-0.1, -0.05) is 52.8 Å². The van der Waals surface area contributed by atoms with Crippen LogP contribution in [0.25, 0.3) is 11.3 Å². The average molecular weight is 929 g/mol. The van der Waals surface area contributed by atoms with Gasteiger partial charge in [-0.05, 0) is 86.0 Å². The van der Waals surface area contributed by atoms with Crippen LogP contribution in [-0.2, 0) is 55.1 Å². The van der Waals surface area contributed by atoms with Crippen molar-refractivity contribution in [3.63, 3.8) is 0 Å². The first-order chi connectivity index (χ1) is 29.8. The van der Waals surface area contributed by atoms with Gasteiger partial charge in [-0.3, -0.25) is 14.3 Å². The van der Waals surface area contributed by atoms with Crippen LogP contribution < -0.4 is 0 Å². The Balaban J connectivity index is 1.43. The summed E-state index contributed by atoms with van der Waals surface area (Å²) < 4.78 is 88.8. The molecular formula is C43H63F3N6O11S. The van der Waals surface area contributed by atoms with Crippen molar-refractivity contribution in [2.45, 2.75) is 154 Å². The lowest BCUT2D eigenvalue weighted by Crippen LogP contribution is -2.61. The van der Waals surface area contributed by atoms with Gasteiger partial charge in [-0.2, -0.15) is 4.21 Å². The van der Waals surface area contributed by atoms with Gasteiger partial charge in [-0.25, -0.2) is 14.0 Å². The Morgan fingerprint density at radius 1 is 1.05 bits per heavy atom. The van der Waals surface area contributed by atoms with E-state index >= 15 is 4.39 Å². The first-order valence-electron chi connectivity index (χ1n) is 21.6. The second-order valence-electron chi connectivity index (χ2n) is 18.2. The van der Waals surface area contributed by atoms with Crippen molar-refractivity contribution in [1.29, 1.82) is 0 Å². The molecule has 64 heavy (non-hydrogen) atoms. The molecule has 0 saturated carbocycles. The van der Waals surface area contributed by atoms with Crippen LogP contribution in [0.15, 0.2) is 34.8 Å². The lowest BCUT2D eigenvalue weighted by molar-refractivity contribution is -0.295. The van der Waals surface area contributed by atoms with Crippen molar-refractivity contribution in [2.24, 2.45) is 22.1 Å². The number of methoxy groups -OCH3 is 1. The standard InChI is InChI=1S/C43H63F3N6O11S/c1-12-32-43(8)35(52(40(57)63-43)19-14-13-18-51-23-30(47-49-51)28-16-15-17-29(21-28)48-64(45,46)58)26(4)33(53)24(2)22-41(6,59-11)37(27(5)36(55)42(7,44)39(56)61-32)62-38-34(54)31(50(9)10)20-25(3)60-38/h15-17,21,23-27,31-32,34-35,37-38,54H,12-14,18-20,22H2,1-11H3/t24-,25-,26+,27-,31+,32-,34-,35-,37-,38-,41+,42+,43-/m1/s1. The van der Waals surface area contributed by atoms with Crippen molar-refractivity contribution in [2.75, 3.05) is 27.7 Å². The van der Waals surface area contributed by atoms with Crippen molar-refractivity contribution in [3.05, 3.63) is 30.5 Å². The molecule has 1 amide bonds. The third-order valence-electron chi connectivity index (χ3n) is 13.1. The summed E-state index contributed by atoms with van der Waals surface area (Å²) in [6.45, 7) is 12.6. The van der Waals surface area contributed by atoms with Gasteiger partial charge in [0.05, 0.1) is 35.7 Å². The molecule has 3 fully saturated rings. The maximum Gasteiger partial charge on any atom is 0.410 e. The third kappa shape index (κ3) is 10.8. The predicted molar refractivity (Wildman–Crippen MR) is 227 cm³/mol. The van der Waals surface area contributed by atoms with Crippen LogP contribution in [0.3, 0.4) is 0 Å². The molecule has 0 aliphatic carbocycles. The number of aliphatic hydroxyl groups is 1. The molecule has 21 heteroatoms. The zero-order chi connectivity index (χ0) is 47.7. The molecule has 0 spiro atoms. The average Bonchev–Trinajstić information content (AvgIpc) is 3.80. The highest BCUT2D eigenvalue weighted by Crippen LogP contribution is 2.44. The van der Waals surface area contributed by atoms with E-state index in [2.05, 4.69) is 14.7 Å². The van der Waals surface area contributed by atoms with E-state index in [4.69, 9.17) is 23.7 Å². The lowest BCUT2D eigenvalue weighted by Gasteiger charge is -2.47. The topological polar surface area (TPSA) is 201 Å². The van der Waals surface area contributed by atoms with Gasteiger partial charge in [0.2, 0.25) is 0 Å². The van der Waals surface area contributed by atoms with Gasteiger partial charge in [0.15, 0.2) is 17.7 Å². The van der Waals surface area contributed by atoms with E-state index in [0.29, 0.717) is 37.1 Å². The summed E-state index contributed by atoms with van der Waals surface area (Å²) in [6, 6.07) is 4.27. The Labute approximate surface area is 373 Å². The highest BCUT2D eigenvalue weighted by atomic mass is 32.3. The Bertz CT molecular complexity index is 2150. The molecule has 0 bridgehead atoms. The molecule has 0 radical (unpaired) electrons. The minimum atomic E-state index is -5.36. The third-order valence-corrected chi connectivity index (χ3v) is 13.5. The van der Waals surface area contributed by atoms with E-state index < -0.39 is 99.7 Å². The molecule has 0 unspecified atom stereocenters. The van der Waals surface area contributed by atoms with E-state index in [1.54, 1.807) is 54.1 Å². The van der Waals surface area contributed by atoms with E-state index in [1.807, 2.05) is 11.8 Å². The molecule has 3 aliphatic rings. The number of nitrogens with zero attached hydrogens (tertiary/aromatic N) is 6. The normalized spacial score (nSPS) is 35.8. The summed E-state index contributed by atoms with van der Waals surface area (Å²) in [4.78, 5) is 60.1. The number of hydrogen-bond donors (Lipinski definition) is 1. The Kier molecular flexibility index (Phi) is 15.8. The van der Waals surface area contributed by atoms with Gasteiger partial charge in [0, 0.05) is 49.6 Å². The smallest absolute Gasteiger partial charge is 0.410 e. The number of aryl methyl sites for hydroxylation is 1. The fourth-order valence-electron chi connectivity index (χ4n) is 9.65. The maximum atomic E-state index is 16.9. The highest BCUT2D eigenvalue weighted by molar-refractivity contribution is 7.83. The Hall–Kier alpha value is -4.02. The number of halogens is 3. The minimum absolute atomic E-state index is 0.0257. The molecule has 17 nitrogen and oxygen atoms in total. The summed E-state index contributed by atoms with van der Waals surface area (Å²) in [7, 11) is -0.389. The monoisotopic (exact) mass is 928 g/mol. The van der Waals surface area contributed by atoms with Crippen LogP contribution in [0.4, 0.5) is 22.6 Å². The first kappa shape index (κ1) is 51.0. The van der Waals surface area contributed by atoms with E-state index in [9.17, 15) is 36.3 Å². The molecule has 3 aliphatic heterocycles. The molecule has 13 atom stereocenters. The molecule has 358 valence electrons. The van der Waals surface area contributed by atoms with Crippen LogP contribution in [0.2, 0.25) is 0 Å². The number of aromatic nitrogens is 3. The number of Topliss-reactive ketones (excluding diaryl/α,β-unsaturated/α-hetero) is 2. The number of amides is 1. The van der Waals surface area contributed by atoms with E-state index in [1.165, 1.54) is 48.7 Å². The van der Waals surface area contributed by atoms with Crippen molar-refractivity contribution >= 4 is 39.8 Å². The number of ketones is 2. The van der Waals surface area contributed by atoms with Crippen molar-refractivity contribution in [3.8, 4) is 11.3 Å². The van der Waals surface area contributed by atoms with Gasteiger partial charge in [-0.15, -0.1) is 9.46 Å². The molecule has 1 aromatic carbocycles. The number of carbonyl (C=O) groups excluding carboxylic acids is 4. The second kappa shape index (κ2) is 19.8. The Morgan fingerprint density at radius 2 is 1.72 bits per heavy atom. The van der Waals surface area contributed by atoms with Crippen molar-refractivity contribution < 1.29 is 64.3 Å². The van der Waals surface area contributed by atoms with Gasteiger partial charge in [0.1, 0.15) is 23.7 Å². The van der Waals surface area contributed by atoms with Crippen LogP contribution in [0.5, 0.6) is 0 Å². The molecule has 5 rings (SSSR count). The quantitative estimate of drug-likeness (QED) is 0.114. The largest absolute Gasteiger partial charge is 0.455 e. The van der Waals surface area contributed by atoms with Gasteiger partial charge < -0.3 is 38.6 Å². The molecule has 4 heterocycles. The van der Waals surface area contributed by atoms with Crippen LogP contribution in [0, 0.1) is 17.8 Å². The summed E-state index contributed by atoms with van der Waals surface area (Å²) in [5, 5.41) is 19.7. The zero-order valence-corrected chi connectivity index (χ0v) is 39.2. The number of alkyl halides is 1. The minimum Gasteiger partial charge on any atom is -0.455 e. The number of unbranched alkanes of at least 4 members (excludes halogenated alkanes) is 1. The second-order valence-corrected chi connectivity index (χ2v) is 19.2. The number of carbonyl (C=O) groups is 4. The molecule has 1 N–H and O–H groups in total. The first-order valence-corrected chi connectivity index (χ1v) is 22.9. The predicted octanol–water partition coefficient (Wildman–Crippen LogP) is 5.89. The SMILES string of the molecule is CC[C@H]1OC(=O)[C@@](C)(F)C(=O)[C@@H](C)[C@@H](O[C@H]2O[C@H](C)C[C@H](N(C)C)[C@H]2O)[C@@](C)(OC)C[C@@H](C)C(=O)[C@H](C)[C@H]2N(CCCCn3cc(-c4cccc(N=S(=O)(F)F)c4)nn3)C(=O)O[C@]12C. The number of benzene rings is 1. The fraction of sp³-hybridized carbons (Fsp3) is 0.721. The zero-order valence-electron chi connectivity index (χ0n) is 38.4. The molecule has 3 saturated heterocycles. The molecule has 1 aromatic heterocycles. The van der Waals surface area contributed by atoms with E-state index in [-0.39, 0.29) is 37.0 Å². The van der Waals surface area contributed by atoms with Crippen LogP contribution in [-0.4, -0.2) is 145 Å². The number of esters is 1. The van der Waals surface area contributed by atoms with Gasteiger partial charge >= 0.3 is 22.6 Å². The van der Waals surface area contributed by atoms with Crippen molar-refractivity contribution in [1.82, 2.24) is 24.8 Å². The number of hydrogen-bond acceptors (Lipinski definition) is 15. The maximum absolute atomic E-state index is 16.9. The number of fused-ring (bicyclic) bond motifs is 1. The highest BCUT2D eigenvalue weighted by Gasteiger charge is 2.61. The summed E-state index contributed by atoms with van der Waals surface area (Å²) in [6.07, 6.45) is -3.42. The summed E-state index contributed by atoms with van der Waals surface area (Å²) >= 11 is 0. The lowest BCUT2D eigenvalue weighted by atomic mass is 9.73. The fourth-order valence-corrected chi connectivity index (χ4v) is 10.0. The molecule has 2 aromatic rings. The number of likely N-dealkylation sites (N-methyl/N-ethyl adjacent to an activating group) is 1. The summed E-state index contributed by atoms with van der Waals surface area (Å²) in [5.74, 6) is -6.14. The van der Waals surface area contributed by atoms with Crippen LogP contribution >= 0.6 is 0 Å². The number of rotatable bonds is 12. The van der Waals surface area contributed by atoms with Crippen LogP contribution in [0.1, 0.15) is 87.5 Å². The number of ether oxygens (including phenoxy) is 5. The molecular weight excluding hydrogens is 866 g/mol. The summed E-state index contributed by atoms with van der Waals surface area (Å²) in [5.41, 5.74) is -5.81. The number of aliphatic hydroxyl groups excluding tert-OH is 1.